The lowest BCUT2D eigenvalue weighted by molar-refractivity contribution is -0.385. The highest BCUT2D eigenvalue weighted by Gasteiger charge is 2.17. The topological polar surface area (TPSA) is 58.4 Å². The number of para-hydroxylation sites is 1. The number of rotatable bonds is 9. The lowest BCUT2D eigenvalue weighted by atomic mass is 10.1. The first-order chi connectivity index (χ1) is 9.60. The molecule has 1 rings (SSSR count). The monoisotopic (exact) mass is 279 g/mol. The van der Waals surface area contributed by atoms with Gasteiger partial charge in [0.2, 0.25) is 0 Å². The Labute approximate surface area is 121 Å². The van der Waals surface area contributed by atoms with Crippen LogP contribution in [0.3, 0.4) is 0 Å². The smallest absolute Gasteiger partial charge is 0.274 e. The van der Waals surface area contributed by atoms with E-state index in [1.54, 1.807) is 12.1 Å². The first-order valence-corrected chi connectivity index (χ1v) is 7.29. The predicted molar refractivity (Wildman–Crippen MR) is 81.9 cm³/mol. The standard InChI is InChI=1S/C15H25N3O2/c1-4-17(5-2)12-8-11-16-13(3)14-9-6-7-10-15(14)18(19)20/h6-7,9-10,13,16H,4-5,8,11-12H2,1-3H3. The minimum absolute atomic E-state index is 0.00620. The minimum atomic E-state index is -0.316. The Morgan fingerprint density at radius 2 is 1.95 bits per heavy atom. The van der Waals surface area contributed by atoms with E-state index in [4.69, 9.17) is 0 Å². The average Bonchev–Trinajstić information content (AvgIpc) is 2.47. The predicted octanol–water partition coefficient (Wildman–Crippen LogP) is 2.98. The summed E-state index contributed by atoms with van der Waals surface area (Å²) >= 11 is 0. The fourth-order valence-electron chi connectivity index (χ4n) is 2.29. The van der Waals surface area contributed by atoms with E-state index in [1.807, 2.05) is 19.1 Å². The van der Waals surface area contributed by atoms with Gasteiger partial charge in [-0.1, -0.05) is 32.0 Å². The molecule has 20 heavy (non-hydrogen) atoms. The summed E-state index contributed by atoms with van der Waals surface area (Å²) in [5, 5.41) is 14.4. The number of nitro benzene ring substituents is 1. The molecule has 0 saturated heterocycles. The molecular formula is C15H25N3O2. The summed E-state index contributed by atoms with van der Waals surface area (Å²) in [5.41, 5.74) is 0.941. The van der Waals surface area contributed by atoms with Gasteiger partial charge < -0.3 is 10.2 Å². The zero-order chi connectivity index (χ0) is 15.0. The third kappa shape index (κ3) is 4.90. The van der Waals surface area contributed by atoms with Crippen LogP contribution >= 0.6 is 0 Å². The Kier molecular flexibility index (Phi) is 7.18. The summed E-state index contributed by atoms with van der Waals surface area (Å²) in [4.78, 5) is 13.1. The molecule has 0 spiro atoms. The number of nitro groups is 1. The van der Waals surface area contributed by atoms with Crippen molar-refractivity contribution >= 4 is 5.69 Å². The van der Waals surface area contributed by atoms with Gasteiger partial charge in [0.15, 0.2) is 0 Å². The average molecular weight is 279 g/mol. The number of nitrogens with zero attached hydrogens (tertiary/aromatic N) is 2. The molecule has 0 aliphatic carbocycles. The zero-order valence-corrected chi connectivity index (χ0v) is 12.6. The van der Waals surface area contributed by atoms with Crippen molar-refractivity contribution in [1.29, 1.82) is 0 Å². The maximum absolute atomic E-state index is 11.0. The molecule has 0 amide bonds. The molecule has 0 aliphatic rings. The third-order valence-corrected chi connectivity index (χ3v) is 3.60. The van der Waals surface area contributed by atoms with Crippen molar-refractivity contribution in [3.05, 3.63) is 39.9 Å². The molecule has 5 heteroatoms. The summed E-state index contributed by atoms with van der Waals surface area (Å²) < 4.78 is 0. The minimum Gasteiger partial charge on any atom is -0.310 e. The van der Waals surface area contributed by atoms with E-state index in [-0.39, 0.29) is 16.7 Å². The van der Waals surface area contributed by atoms with Crippen LogP contribution in [0.5, 0.6) is 0 Å². The van der Waals surface area contributed by atoms with Crippen LogP contribution in [0, 0.1) is 10.1 Å². The lowest BCUT2D eigenvalue weighted by Crippen LogP contribution is -2.28. The molecule has 0 heterocycles. The van der Waals surface area contributed by atoms with Crippen molar-refractivity contribution < 1.29 is 4.92 Å². The molecule has 5 nitrogen and oxygen atoms in total. The zero-order valence-electron chi connectivity index (χ0n) is 12.6. The van der Waals surface area contributed by atoms with Crippen LogP contribution in [-0.4, -0.2) is 36.0 Å². The van der Waals surface area contributed by atoms with Gasteiger partial charge in [-0.3, -0.25) is 10.1 Å². The Bertz CT molecular complexity index is 419. The third-order valence-electron chi connectivity index (χ3n) is 3.60. The Hall–Kier alpha value is -1.46. The van der Waals surface area contributed by atoms with E-state index in [1.165, 1.54) is 0 Å². The highest BCUT2D eigenvalue weighted by molar-refractivity contribution is 5.41. The SMILES string of the molecule is CCN(CC)CCCNC(C)c1ccccc1[N+](=O)[O-]. The van der Waals surface area contributed by atoms with E-state index in [0.29, 0.717) is 0 Å². The molecule has 0 radical (unpaired) electrons. The van der Waals surface area contributed by atoms with Crippen molar-refractivity contribution in [3.63, 3.8) is 0 Å². The number of benzene rings is 1. The van der Waals surface area contributed by atoms with Crippen molar-refractivity contribution in [1.82, 2.24) is 10.2 Å². The second-order valence-corrected chi connectivity index (χ2v) is 4.87. The Balaban J connectivity index is 2.47. The molecule has 1 aromatic carbocycles. The van der Waals surface area contributed by atoms with Crippen LogP contribution in [0.4, 0.5) is 5.69 Å². The quantitative estimate of drug-likeness (QED) is 0.429. The number of nitrogens with one attached hydrogen (secondary N) is 1. The molecule has 1 aromatic rings. The molecule has 0 saturated carbocycles. The highest BCUT2D eigenvalue weighted by atomic mass is 16.6. The van der Waals surface area contributed by atoms with E-state index < -0.39 is 0 Å². The van der Waals surface area contributed by atoms with Gasteiger partial charge in [0, 0.05) is 17.7 Å². The largest absolute Gasteiger partial charge is 0.310 e. The second kappa shape index (κ2) is 8.66. The van der Waals surface area contributed by atoms with Crippen LogP contribution in [0.25, 0.3) is 0 Å². The first kappa shape index (κ1) is 16.6. The fourth-order valence-corrected chi connectivity index (χ4v) is 2.29. The summed E-state index contributed by atoms with van der Waals surface area (Å²) in [5.74, 6) is 0. The second-order valence-electron chi connectivity index (χ2n) is 4.87. The van der Waals surface area contributed by atoms with Crippen LogP contribution < -0.4 is 5.32 Å². The number of hydrogen-bond donors (Lipinski definition) is 1. The van der Waals surface area contributed by atoms with Crippen molar-refractivity contribution in [2.75, 3.05) is 26.2 Å². The van der Waals surface area contributed by atoms with Gasteiger partial charge in [-0.15, -0.1) is 0 Å². The summed E-state index contributed by atoms with van der Waals surface area (Å²) in [6, 6.07) is 6.92. The summed E-state index contributed by atoms with van der Waals surface area (Å²) in [6.45, 7) is 10.3. The van der Waals surface area contributed by atoms with Crippen molar-refractivity contribution in [3.8, 4) is 0 Å². The molecule has 0 bridgehead atoms. The normalized spacial score (nSPS) is 12.6. The maximum atomic E-state index is 11.0. The molecule has 1 N–H and O–H groups in total. The van der Waals surface area contributed by atoms with Gasteiger partial charge in [0.25, 0.3) is 5.69 Å². The molecule has 112 valence electrons. The van der Waals surface area contributed by atoms with Gasteiger partial charge in [0.05, 0.1) is 4.92 Å². The van der Waals surface area contributed by atoms with Crippen LogP contribution in [0.15, 0.2) is 24.3 Å². The fraction of sp³-hybridized carbons (Fsp3) is 0.600. The van der Waals surface area contributed by atoms with Crippen molar-refractivity contribution in [2.45, 2.75) is 33.2 Å². The summed E-state index contributed by atoms with van der Waals surface area (Å²) in [7, 11) is 0. The Morgan fingerprint density at radius 3 is 2.55 bits per heavy atom. The van der Waals surface area contributed by atoms with Gasteiger partial charge in [-0.05, 0) is 39.5 Å². The van der Waals surface area contributed by atoms with E-state index in [2.05, 4.69) is 24.1 Å². The molecule has 0 aliphatic heterocycles. The summed E-state index contributed by atoms with van der Waals surface area (Å²) in [6.07, 6.45) is 1.05. The first-order valence-electron chi connectivity index (χ1n) is 7.29. The van der Waals surface area contributed by atoms with Gasteiger partial charge in [0.1, 0.15) is 0 Å². The van der Waals surface area contributed by atoms with Crippen LogP contribution in [-0.2, 0) is 0 Å². The molecule has 1 unspecified atom stereocenters. The highest BCUT2D eigenvalue weighted by Crippen LogP contribution is 2.24. The lowest BCUT2D eigenvalue weighted by Gasteiger charge is -2.19. The van der Waals surface area contributed by atoms with Crippen LogP contribution in [0.2, 0.25) is 0 Å². The van der Waals surface area contributed by atoms with Crippen molar-refractivity contribution in [2.24, 2.45) is 0 Å². The molecule has 1 atom stereocenters. The molecular weight excluding hydrogens is 254 g/mol. The van der Waals surface area contributed by atoms with E-state index in [9.17, 15) is 10.1 Å². The van der Waals surface area contributed by atoms with E-state index >= 15 is 0 Å². The molecule has 0 fully saturated rings. The molecule has 0 aromatic heterocycles. The van der Waals surface area contributed by atoms with Gasteiger partial charge in [-0.25, -0.2) is 0 Å². The van der Waals surface area contributed by atoms with Crippen LogP contribution in [0.1, 0.15) is 38.8 Å². The Morgan fingerprint density at radius 1 is 1.30 bits per heavy atom. The van der Waals surface area contributed by atoms with E-state index in [0.717, 1.165) is 38.2 Å². The maximum Gasteiger partial charge on any atom is 0.274 e. The van der Waals surface area contributed by atoms with Gasteiger partial charge >= 0.3 is 0 Å². The number of hydrogen-bond acceptors (Lipinski definition) is 4. The van der Waals surface area contributed by atoms with Gasteiger partial charge in [-0.2, -0.15) is 0 Å².